The molecule has 14 nitrogen and oxygen atoms in total. The average molecular weight is 621 g/mol. The lowest BCUT2D eigenvalue weighted by Crippen LogP contribution is -2.58. The summed E-state index contributed by atoms with van der Waals surface area (Å²) in [4.78, 5) is 59.6. The van der Waals surface area contributed by atoms with Gasteiger partial charge in [-0.3, -0.25) is 19.4 Å². The predicted molar refractivity (Wildman–Crippen MR) is 168 cm³/mol. The maximum atomic E-state index is 13.8. The Morgan fingerprint density at radius 1 is 0.933 bits per heavy atom. The number of nitrogens with two attached hydrogens (primary N) is 2. The monoisotopic (exact) mass is 620 g/mol. The first-order valence-corrected chi connectivity index (χ1v) is 14.9. The van der Waals surface area contributed by atoms with Crippen LogP contribution >= 0.6 is 0 Å². The summed E-state index contributed by atoms with van der Waals surface area (Å²) < 4.78 is 0. The van der Waals surface area contributed by atoms with Crippen LogP contribution in [0.25, 0.3) is 10.9 Å². The number of aliphatic imine (C=N–C) groups is 1. The van der Waals surface area contributed by atoms with Crippen molar-refractivity contribution in [2.75, 3.05) is 13.1 Å². The maximum Gasteiger partial charge on any atom is 0.326 e. The molecule has 0 radical (unpaired) electrons. The van der Waals surface area contributed by atoms with Gasteiger partial charge in [-0.15, -0.1) is 0 Å². The van der Waals surface area contributed by atoms with Crippen molar-refractivity contribution in [1.82, 2.24) is 26.3 Å². The van der Waals surface area contributed by atoms with Crippen LogP contribution in [0.1, 0.15) is 36.8 Å². The summed E-state index contributed by atoms with van der Waals surface area (Å²) in [7, 11) is 0. The van der Waals surface area contributed by atoms with Crippen LogP contribution in [0.5, 0.6) is 5.75 Å². The molecule has 240 valence electrons. The molecule has 2 aromatic carbocycles. The van der Waals surface area contributed by atoms with E-state index in [0.717, 1.165) is 22.9 Å². The zero-order valence-corrected chi connectivity index (χ0v) is 24.8. The number of guanidine groups is 1. The SMILES string of the molecule is NC(N)=NCCCC(NC(=O)C(Cc1c[nH]c2ccccc12)NC(=O)C(Cc1ccc(O)cc1)NC(=O)C1CCCN1)C(=O)O. The molecular weight excluding hydrogens is 580 g/mol. The first kappa shape index (κ1) is 32.8. The molecule has 0 aliphatic carbocycles. The lowest BCUT2D eigenvalue weighted by atomic mass is 10.0. The highest BCUT2D eigenvalue weighted by molar-refractivity contribution is 5.95. The summed E-state index contributed by atoms with van der Waals surface area (Å²) >= 11 is 0. The van der Waals surface area contributed by atoms with E-state index in [0.29, 0.717) is 24.9 Å². The fourth-order valence-electron chi connectivity index (χ4n) is 5.29. The molecule has 4 atom stereocenters. The Morgan fingerprint density at radius 3 is 2.29 bits per heavy atom. The number of phenolic OH excluding ortho intramolecular Hbond substituents is 1. The summed E-state index contributed by atoms with van der Waals surface area (Å²) in [5.74, 6) is -2.96. The van der Waals surface area contributed by atoms with Crippen LogP contribution in [-0.2, 0) is 32.0 Å². The van der Waals surface area contributed by atoms with E-state index in [1.807, 2.05) is 24.3 Å². The van der Waals surface area contributed by atoms with Crippen molar-refractivity contribution in [2.24, 2.45) is 16.5 Å². The van der Waals surface area contributed by atoms with Gasteiger partial charge < -0.3 is 47.9 Å². The average Bonchev–Trinajstić information content (AvgIpc) is 3.70. The minimum Gasteiger partial charge on any atom is -0.508 e. The van der Waals surface area contributed by atoms with Gasteiger partial charge in [0.15, 0.2) is 5.96 Å². The van der Waals surface area contributed by atoms with Crippen molar-refractivity contribution >= 4 is 40.6 Å². The molecular formula is C31H40N8O6. The van der Waals surface area contributed by atoms with Gasteiger partial charge in [0, 0.05) is 36.5 Å². The third-order valence-electron chi connectivity index (χ3n) is 7.68. The number of carboxylic acid groups (broad SMARTS) is 1. The van der Waals surface area contributed by atoms with Gasteiger partial charge in [0.1, 0.15) is 23.9 Å². The van der Waals surface area contributed by atoms with E-state index in [4.69, 9.17) is 11.5 Å². The number of rotatable bonds is 15. The molecule has 1 aromatic heterocycles. The zero-order chi connectivity index (χ0) is 32.3. The third kappa shape index (κ3) is 9.44. The Morgan fingerprint density at radius 2 is 1.62 bits per heavy atom. The molecule has 11 N–H and O–H groups in total. The number of carbonyl (C=O) groups excluding carboxylic acids is 3. The molecule has 0 bridgehead atoms. The highest BCUT2D eigenvalue weighted by atomic mass is 16.4. The van der Waals surface area contributed by atoms with Gasteiger partial charge in [0.25, 0.3) is 0 Å². The molecule has 14 heteroatoms. The Balaban J connectivity index is 1.57. The van der Waals surface area contributed by atoms with Gasteiger partial charge >= 0.3 is 5.97 Å². The van der Waals surface area contributed by atoms with Gasteiger partial charge in [-0.1, -0.05) is 30.3 Å². The number of para-hydroxylation sites is 1. The summed E-state index contributed by atoms with van der Waals surface area (Å²) in [6.07, 6.45) is 3.69. The molecule has 1 saturated heterocycles. The number of carbonyl (C=O) groups is 4. The number of aromatic amines is 1. The van der Waals surface area contributed by atoms with E-state index >= 15 is 0 Å². The van der Waals surface area contributed by atoms with E-state index in [9.17, 15) is 29.4 Å². The minimum atomic E-state index is -1.25. The van der Waals surface area contributed by atoms with Crippen molar-refractivity contribution in [1.29, 1.82) is 0 Å². The minimum absolute atomic E-state index is 0.0476. The predicted octanol–water partition coefficient (Wildman–Crippen LogP) is 0.00330. The molecule has 3 aromatic rings. The molecule has 45 heavy (non-hydrogen) atoms. The largest absolute Gasteiger partial charge is 0.508 e. The molecule has 1 fully saturated rings. The Labute approximate surface area is 260 Å². The fraction of sp³-hybridized carbons (Fsp3) is 0.387. The number of amides is 3. The lowest BCUT2D eigenvalue weighted by Gasteiger charge is -2.25. The first-order chi connectivity index (χ1) is 21.6. The number of phenols is 1. The fourth-order valence-corrected chi connectivity index (χ4v) is 5.29. The smallest absolute Gasteiger partial charge is 0.326 e. The highest BCUT2D eigenvalue weighted by Crippen LogP contribution is 2.20. The molecule has 4 rings (SSSR count). The van der Waals surface area contributed by atoms with Crippen LogP contribution in [0.15, 0.2) is 59.7 Å². The van der Waals surface area contributed by atoms with Gasteiger partial charge in [0.2, 0.25) is 17.7 Å². The number of H-pyrrole nitrogens is 1. The number of carboxylic acids is 1. The van der Waals surface area contributed by atoms with Crippen LogP contribution < -0.4 is 32.7 Å². The van der Waals surface area contributed by atoms with Gasteiger partial charge in [-0.2, -0.15) is 0 Å². The number of benzene rings is 2. The number of nitrogens with one attached hydrogen (secondary N) is 5. The highest BCUT2D eigenvalue weighted by Gasteiger charge is 2.32. The van der Waals surface area contributed by atoms with Crippen molar-refractivity contribution < 1.29 is 29.4 Å². The second-order valence-corrected chi connectivity index (χ2v) is 11.1. The Bertz CT molecular complexity index is 1510. The number of hydrogen-bond donors (Lipinski definition) is 9. The summed E-state index contributed by atoms with van der Waals surface area (Å²) in [5, 5.41) is 31.6. The second-order valence-electron chi connectivity index (χ2n) is 11.1. The van der Waals surface area contributed by atoms with Crippen molar-refractivity contribution in [2.45, 2.75) is 62.7 Å². The molecule has 4 unspecified atom stereocenters. The zero-order valence-electron chi connectivity index (χ0n) is 24.8. The van der Waals surface area contributed by atoms with Crippen LogP contribution in [0, 0.1) is 0 Å². The molecule has 2 heterocycles. The van der Waals surface area contributed by atoms with Gasteiger partial charge in [-0.05, 0) is 61.6 Å². The molecule has 1 aliphatic rings. The van der Waals surface area contributed by atoms with Crippen LogP contribution in [0.3, 0.4) is 0 Å². The quantitative estimate of drug-likeness (QED) is 0.0631. The van der Waals surface area contributed by atoms with Gasteiger partial charge in [-0.25, -0.2) is 4.79 Å². The first-order valence-electron chi connectivity index (χ1n) is 14.9. The molecule has 1 aliphatic heterocycles. The van der Waals surface area contributed by atoms with E-state index in [1.165, 1.54) is 12.1 Å². The number of nitrogens with zero attached hydrogens (tertiary/aromatic N) is 1. The maximum absolute atomic E-state index is 13.8. The van der Waals surface area contributed by atoms with E-state index in [1.54, 1.807) is 18.3 Å². The normalized spacial score (nSPS) is 16.3. The second kappa shape index (κ2) is 15.6. The van der Waals surface area contributed by atoms with Gasteiger partial charge in [0.05, 0.1) is 6.04 Å². The topological polar surface area (TPSA) is 237 Å². The Hall–Kier alpha value is -5.11. The van der Waals surface area contributed by atoms with Crippen molar-refractivity contribution in [3.8, 4) is 5.75 Å². The van der Waals surface area contributed by atoms with Crippen LogP contribution in [0.2, 0.25) is 0 Å². The number of hydrogen-bond acceptors (Lipinski definition) is 7. The standard InChI is InChI=1S/C31H40N8O6/c32-31(33)35-14-4-8-24(30(44)45)37-29(43)26(16-19-17-36-22-6-2-1-5-21(19)22)39-28(42)25(15-18-9-11-20(40)12-10-18)38-27(41)23-7-3-13-34-23/h1-2,5-6,9-12,17,23-26,34,36,40H,3-4,7-8,13-16H2,(H,37,43)(H,38,41)(H,39,42)(H,44,45)(H4,32,33,35). The molecule has 0 saturated carbocycles. The van der Waals surface area contributed by atoms with E-state index < -0.39 is 42.0 Å². The summed E-state index contributed by atoms with van der Waals surface area (Å²) in [6.45, 7) is 0.877. The molecule has 3 amide bonds. The summed E-state index contributed by atoms with van der Waals surface area (Å²) in [5.41, 5.74) is 12.9. The number of aliphatic carboxylic acids is 1. The number of aromatic hydroxyl groups is 1. The molecule has 0 spiro atoms. The lowest BCUT2D eigenvalue weighted by molar-refractivity contribution is -0.142. The third-order valence-corrected chi connectivity index (χ3v) is 7.68. The Kier molecular flexibility index (Phi) is 11.3. The number of aromatic nitrogens is 1. The van der Waals surface area contributed by atoms with Crippen LogP contribution in [-0.4, -0.2) is 82.1 Å². The van der Waals surface area contributed by atoms with Crippen molar-refractivity contribution in [3.05, 3.63) is 65.9 Å². The number of fused-ring (bicyclic) bond motifs is 1. The van der Waals surface area contributed by atoms with E-state index in [-0.39, 0.29) is 43.4 Å². The van der Waals surface area contributed by atoms with Crippen molar-refractivity contribution in [3.63, 3.8) is 0 Å². The summed E-state index contributed by atoms with van der Waals surface area (Å²) in [6, 6.07) is 9.79. The van der Waals surface area contributed by atoms with Crippen LogP contribution in [0.4, 0.5) is 0 Å². The van der Waals surface area contributed by atoms with E-state index in [2.05, 4.69) is 31.2 Å².